The normalized spacial score (nSPS) is 13.1. The molecule has 0 unspecified atom stereocenters. The van der Waals surface area contributed by atoms with Gasteiger partial charge in [0.05, 0.1) is 11.8 Å². The third kappa shape index (κ3) is 2.52. The fourth-order valence-corrected chi connectivity index (χ4v) is 1.86. The van der Waals surface area contributed by atoms with Crippen LogP contribution in [0.2, 0.25) is 0 Å². The van der Waals surface area contributed by atoms with Gasteiger partial charge < -0.3 is 14.8 Å². The van der Waals surface area contributed by atoms with E-state index in [1.165, 1.54) is 6.20 Å². The fourth-order valence-electron chi connectivity index (χ4n) is 1.86. The van der Waals surface area contributed by atoms with Crippen LogP contribution in [-0.2, 0) is 6.54 Å². The molecule has 2 heterocycles. The standard InChI is InChI=1S/C13H13N3O3/c17-13(10-7-15-16-8-10)14-6-9-1-2-11-12(5-9)19-4-3-18-11/h1-2,5,7-8H,3-4,6H2,(H,14,17)(H,15,16). The van der Waals surface area contributed by atoms with Crippen LogP contribution in [0.5, 0.6) is 11.5 Å². The Balaban J connectivity index is 1.65. The van der Waals surface area contributed by atoms with Crippen molar-refractivity contribution < 1.29 is 14.3 Å². The zero-order valence-electron chi connectivity index (χ0n) is 10.2. The number of carbonyl (C=O) groups is 1. The number of hydrogen-bond acceptors (Lipinski definition) is 4. The first kappa shape index (κ1) is 11.6. The maximum absolute atomic E-state index is 11.7. The lowest BCUT2D eigenvalue weighted by Crippen LogP contribution is -2.22. The van der Waals surface area contributed by atoms with Crippen LogP contribution in [0.4, 0.5) is 0 Å². The molecule has 2 aromatic rings. The average Bonchev–Trinajstić information content (AvgIpc) is 2.99. The molecule has 1 aliphatic rings. The van der Waals surface area contributed by atoms with Crippen molar-refractivity contribution >= 4 is 5.91 Å². The van der Waals surface area contributed by atoms with Crippen molar-refractivity contribution in [2.24, 2.45) is 0 Å². The molecule has 19 heavy (non-hydrogen) atoms. The molecule has 0 bridgehead atoms. The second kappa shape index (κ2) is 5.01. The minimum atomic E-state index is -0.163. The van der Waals surface area contributed by atoms with Gasteiger partial charge in [0.15, 0.2) is 11.5 Å². The van der Waals surface area contributed by atoms with Crippen LogP contribution in [0.25, 0.3) is 0 Å². The minimum Gasteiger partial charge on any atom is -0.486 e. The van der Waals surface area contributed by atoms with Gasteiger partial charge in [-0.2, -0.15) is 5.10 Å². The SMILES string of the molecule is O=C(NCc1ccc2c(c1)OCCO2)c1cn[nH]c1. The van der Waals surface area contributed by atoms with Gasteiger partial charge in [0.2, 0.25) is 0 Å². The number of amides is 1. The average molecular weight is 259 g/mol. The van der Waals surface area contributed by atoms with Crippen molar-refractivity contribution in [2.75, 3.05) is 13.2 Å². The summed E-state index contributed by atoms with van der Waals surface area (Å²) in [6.45, 7) is 1.56. The van der Waals surface area contributed by atoms with E-state index in [1.54, 1.807) is 6.20 Å². The Kier molecular flexibility index (Phi) is 3.06. The van der Waals surface area contributed by atoms with E-state index in [1.807, 2.05) is 18.2 Å². The molecule has 1 amide bonds. The number of benzene rings is 1. The fraction of sp³-hybridized carbons (Fsp3) is 0.231. The van der Waals surface area contributed by atoms with Gasteiger partial charge in [0, 0.05) is 12.7 Å². The highest BCUT2D eigenvalue weighted by molar-refractivity contribution is 5.93. The minimum absolute atomic E-state index is 0.163. The molecule has 1 aliphatic heterocycles. The van der Waals surface area contributed by atoms with Crippen molar-refractivity contribution in [3.63, 3.8) is 0 Å². The van der Waals surface area contributed by atoms with Crippen LogP contribution in [0.1, 0.15) is 15.9 Å². The van der Waals surface area contributed by atoms with E-state index >= 15 is 0 Å². The molecule has 0 radical (unpaired) electrons. The Morgan fingerprint density at radius 3 is 2.95 bits per heavy atom. The maximum atomic E-state index is 11.7. The van der Waals surface area contributed by atoms with E-state index in [4.69, 9.17) is 9.47 Å². The van der Waals surface area contributed by atoms with E-state index in [2.05, 4.69) is 15.5 Å². The lowest BCUT2D eigenvalue weighted by molar-refractivity contribution is 0.0951. The van der Waals surface area contributed by atoms with Gasteiger partial charge in [-0.1, -0.05) is 6.07 Å². The first-order chi connectivity index (χ1) is 9.33. The number of rotatable bonds is 3. The molecule has 0 fully saturated rings. The van der Waals surface area contributed by atoms with Gasteiger partial charge in [-0.3, -0.25) is 9.89 Å². The lowest BCUT2D eigenvalue weighted by atomic mass is 10.2. The summed E-state index contributed by atoms with van der Waals surface area (Å²) in [5.74, 6) is 1.31. The topological polar surface area (TPSA) is 76.2 Å². The Labute approximate surface area is 109 Å². The zero-order chi connectivity index (χ0) is 13.1. The summed E-state index contributed by atoms with van der Waals surface area (Å²) in [6.07, 6.45) is 3.04. The number of fused-ring (bicyclic) bond motifs is 1. The smallest absolute Gasteiger partial charge is 0.254 e. The Morgan fingerprint density at radius 1 is 1.32 bits per heavy atom. The lowest BCUT2D eigenvalue weighted by Gasteiger charge is -2.18. The van der Waals surface area contributed by atoms with Crippen molar-refractivity contribution in [2.45, 2.75) is 6.54 Å². The first-order valence-electron chi connectivity index (χ1n) is 5.98. The molecule has 1 aromatic heterocycles. The van der Waals surface area contributed by atoms with Crippen molar-refractivity contribution in [1.29, 1.82) is 0 Å². The summed E-state index contributed by atoms with van der Waals surface area (Å²) in [7, 11) is 0. The predicted octanol–water partition coefficient (Wildman–Crippen LogP) is 1.11. The quantitative estimate of drug-likeness (QED) is 0.865. The largest absolute Gasteiger partial charge is 0.486 e. The van der Waals surface area contributed by atoms with Gasteiger partial charge >= 0.3 is 0 Å². The number of H-pyrrole nitrogens is 1. The van der Waals surface area contributed by atoms with E-state index < -0.39 is 0 Å². The van der Waals surface area contributed by atoms with Crippen LogP contribution in [-0.4, -0.2) is 29.3 Å². The molecule has 0 atom stereocenters. The van der Waals surface area contributed by atoms with Crippen molar-refractivity contribution in [3.05, 3.63) is 41.7 Å². The number of hydrogen-bond donors (Lipinski definition) is 2. The predicted molar refractivity (Wildman–Crippen MR) is 67.2 cm³/mol. The summed E-state index contributed by atoms with van der Waals surface area (Å²) in [6, 6.07) is 5.64. The van der Waals surface area contributed by atoms with Crippen molar-refractivity contribution in [3.8, 4) is 11.5 Å². The number of carbonyl (C=O) groups excluding carboxylic acids is 1. The molecule has 0 spiro atoms. The highest BCUT2D eigenvalue weighted by Crippen LogP contribution is 2.30. The van der Waals surface area contributed by atoms with Crippen LogP contribution < -0.4 is 14.8 Å². The van der Waals surface area contributed by atoms with E-state index in [-0.39, 0.29) is 5.91 Å². The third-order valence-corrected chi connectivity index (χ3v) is 2.82. The second-order valence-corrected chi connectivity index (χ2v) is 4.15. The number of nitrogens with one attached hydrogen (secondary N) is 2. The highest BCUT2D eigenvalue weighted by atomic mass is 16.6. The molecule has 0 saturated heterocycles. The van der Waals surface area contributed by atoms with Crippen LogP contribution in [0.15, 0.2) is 30.6 Å². The van der Waals surface area contributed by atoms with Gasteiger partial charge in [0.1, 0.15) is 13.2 Å². The van der Waals surface area contributed by atoms with Gasteiger partial charge in [0.25, 0.3) is 5.91 Å². The Morgan fingerprint density at radius 2 is 2.16 bits per heavy atom. The molecular weight excluding hydrogens is 246 g/mol. The summed E-state index contributed by atoms with van der Waals surface area (Å²) >= 11 is 0. The maximum Gasteiger partial charge on any atom is 0.254 e. The molecule has 6 nitrogen and oxygen atoms in total. The zero-order valence-corrected chi connectivity index (χ0v) is 10.2. The van der Waals surface area contributed by atoms with Crippen LogP contribution >= 0.6 is 0 Å². The summed E-state index contributed by atoms with van der Waals surface area (Å²) in [4.78, 5) is 11.7. The van der Waals surface area contributed by atoms with Crippen LogP contribution in [0.3, 0.4) is 0 Å². The number of ether oxygens (including phenoxy) is 2. The van der Waals surface area contributed by atoms with Crippen LogP contribution in [0, 0.1) is 0 Å². The van der Waals surface area contributed by atoms with E-state index in [9.17, 15) is 4.79 Å². The Bertz CT molecular complexity index is 581. The molecule has 6 heteroatoms. The molecule has 0 aliphatic carbocycles. The molecule has 2 N–H and O–H groups in total. The molecule has 3 rings (SSSR count). The molecule has 1 aromatic carbocycles. The summed E-state index contributed by atoms with van der Waals surface area (Å²) in [5.41, 5.74) is 1.47. The summed E-state index contributed by atoms with van der Waals surface area (Å²) < 4.78 is 10.9. The monoisotopic (exact) mass is 259 g/mol. The van der Waals surface area contributed by atoms with Gasteiger partial charge in [-0.15, -0.1) is 0 Å². The van der Waals surface area contributed by atoms with Crippen molar-refractivity contribution in [1.82, 2.24) is 15.5 Å². The number of nitrogens with zero attached hydrogens (tertiary/aromatic N) is 1. The molecule has 0 saturated carbocycles. The Hall–Kier alpha value is -2.50. The molecule has 98 valence electrons. The van der Waals surface area contributed by atoms with E-state index in [0.717, 1.165) is 17.1 Å². The van der Waals surface area contributed by atoms with Gasteiger partial charge in [-0.05, 0) is 17.7 Å². The third-order valence-electron chi connectivity index (χ3n) is 2.82. The first-order valence-corrected chi connectivity index (χ1v) is 5.98. The number of aromatic nitrogens is 2. The highest BCUT2D eigenvalue weighted by Gasteiger charge is 2.12. The number of aromatic amines is 1. The molecular formula is C13H13N3O3. The van der Waals surface area contributed by atoms with Gasteiger partial charge in [-0.25, -0.2) is 0 Å². The van der Waals surface area contributed by atoms with E-state index in [0.29, 0.717) is 25.3 Å². The summed E-state index contributed by atoms with van der Waals surface area (Å²) in [5, 5.41) is 9.15. The second-order valence-electron chi connectivity index (χ2n) is 4.15.